The molecule has 0 saturated heterocycles. The lowest BCUT2D eigenvalue weighted by Gasteiger charge is -2.12. The van der Waals surface area contributed by atoms with E-state index in [1.54, 1.807) is 49.4 Å². The van der Waals surface area contributed by atoms with Crippen LogP contribution in [0, 0.1) is 14.1 Å². The van der Waals surface area contributed by atoms with Crippen molar-refractivity contribution in [1.29, 1.82) is 0 Å². The van der Waals surface area contributed by atoms with Gasteiger partial charge in [0.1, 0.15) is 11.5 Å². The lowest BCUT2D eigenvalue weighted by Crippen LogP contribution is -2.12. The molecule has 3 aromatic carbocycles. The second-order valence-electron chi connectivity index (χ2n) is 5.67. The molecule has 3 aromatic rings. The SMILES string of the molecule is Cc1c(OC(=O)c2ccc(I)cc2)cccc1OC(=O)c1ccc(I)cc1. The molecule has 136 valence electrons. The highest BCUT2D eigenvalue weighted by molar-refractivity contribution is 14.1. The van der Waals surface area contributed by atoms with Gasteiger partial charge in [-0.15, -0.1) is 0 Å². The number of ether oxygens (including phenoxy) is 2. The molecule has 0 radical (unpaired) electrons. The molecule has 0 heterocycles. The maximum atomic E-state index is 12.3. The first-order valence-electron chi connectivity index (χ1n) is 7.99. The molecule has 0 aromatic heterocycles. The van der Waals surface area contributed by atoms with Crippen LogP contribution >= 0.6 is 45.2 Å². The predicted octanol–water partition coefficient (Wildman–Crippen LogP) is 5.64. The first kappa shape index (κ1) is 19.8. The summed E-state index contributed by atoms with van der Waals surface area (Å²) in [6.45, 7) is 1.74. The number of rotatable bonds is 4. The van der Waals surface area contributed by atoms with Crippen LogP contribution in [0.1, 0.15) is 26.3 Å². The third-order valence-electron chi connectivity index (χ3n) is 3.80. The van der Waals surface area contributed by atoms with Crippen LogP contribution in [0.2, 0.25) is 0 Å². The Morgan fingerprint density at radius 3 is 1.41 bits per heavy atom. The van der Waals surface area contributed by atoms with Gasteiger partial charge in [-0.1, -0.05) is 6.07 Å². The fourth-order valence-electron chi connectivity index (χ4n) is 2.30. The Kier molecular flexibility index (Phi) is 6.48. The minimum Gasteiger partial charge on any atom is -0.423 e. The average molecular weight is 584 g/mol. The van der Waals surface area contributed by atoms with E-state index in [1.807, 2.05) is 24.3 Å². The van der Waals surface area contributed by atoms with Gasteiger partial charge in [-0.25, -0.2) is 9.59 Å². The van der Waals surface area contributed by atoms with Crippen LogP contribution < -0.4 is 9.47 Å². The zero-order valence-electron chi connectivity index (χ0n) is 14.2. The fourth-order valence-corrected chi connectivity index (χ4v) is 3.02. The van der Waals surface area contributed by atoms with Crippen LogP contribution in [0.3, 0.4) is 0 Å². The Bertz CT molecular complexity index is 902. The lowest BCUT2D eigenvalue weighted by atomic mass is 10.2. The number of benzene rings is 3. The minimum absolute atomic E-state index is 0.353. The summed E-state index contributed by atoms with van der Waals surface area (Å²) in [5.41, 5.74) is 1.49. The number of halogens is 2. The molecular weight excluding hydrogens is 570 g/mol. The van der Waals surface area contributed by atoms with E-state index in [4.69, 9.17) is 9.47 Å². The number of hydrogen-bond acceptors (Lipinski definition) is 4. The van der Waals surface area contributed by atoms with Gasteiger partial charge in [0.2, 0.25) is 0 Å². The predicted molar refractivity (Wildman–Crippen MR) is 119 cm³/mol. The third kappa shape index (κ3) is 5.07. The van der Waals surface area contributed by atoms with E-state index in [9.17, 15) is 9.59 Å². The molecule has 0 aliphatic rings. The average Bonchev–Trinajstić information content (AvgIpc) is 2.66. The van der Waals surface area contributed by atoms with Crippen molar-refractivity contribution in [1.82, 2.24) is 0 Å². The quantitative estimate of drug-likeness (QED) is 0.227. The van der Waals surface area contributed by atoms with Crippen molar-refractivity contribution < 1.29 is 19.1 Å². The van der Waals surface area contributed by atoms with E-state index >= 15 is 0 Å². The van der Waals surface area contributed by atoms with Gasteiger partial charge in [0.15, 0.2) is 0 Å². The van der Waals surface area contributed by atoms with Gasteiger partial charge in [-0.05, 0) is 113 Å². The largest absolute Gasteiger partial charge is 0.423 e. The Hall–Kier alpha value is -1.94. The molecular formula is C21H14I2O4. The van der Waals surface area contributed by atoms with Gasteiger partial charge in [-0.2, -0.15) is 0 Å². The molecule has 0 N–H and O–H groups in total. The van der Waals surface area contributed by atoms with Crippen molar-refractivity contribution in [3.05, 3.63) is 90.6 Å². The topological polar surface area (TPSA) is 52.6 Å². The molecule has 27 heavy (non-hydrogen) atoms. The monoisotopic (exact) mass is 584 g/mol. The Labute approximate surface area is 184 Å². The van der Waals surface area contributed by atoms with Gasteiger partial charge < -0.3 is 9.47 Å². The van der Waals surface area contributed by atoms with Gasteiger partial charge in [0.25, 0.3) is 0 Å². The molecule has 0 bridgehead atoms. The number of esters is 2. The van der Waals surface area contributed by atoms with Gasteiger partial charge in [0.05, 0.1) is 11.1 Å². The number of carbonyl (C=O) groups excluding carboxylic acids is 2. The molecule has 0 aliphatic heterocycles. The van der Waals surface area contributed by atoms with E-state index < -0.39 is 11.9 Å². The lowest BCUT2D eigenvalue weighted by molar-refractivity contribution is 0.0730. The first-order chi connectivity index (χ1) is 12.9. The zero-order valence-corrected chi connectivity index (χ0v) is 18.6. The second kappa shape index (κ2) is 8.83. The highest BCUT2D eigenvalue weighted by Gasteiger charge is 2.15. The highest BCUT2D eigenvalue weighted by atomic mass is 127. The van der Waals surface area contributed by atoms with Crippen LogP contribution in [-0.4, -0.2) is 11.9 Å². The number of hydrogen-bond donors (Lipinski definition) is 0. The van der Waals surface area contributed by atoms with E-state index in [1.165, 1.54) is 0 Å². The summed E-state index contributed by atoms with van der Waals surface area (Å²) in [6, 6.07) is 19.2. The first-order valence-corrected chi connectivity index (χ1v) is 10.1. The molecule has 0 atom stereocenters. The summed E-state index contributed by atoms with van der Waals surface area (Å²) >= 11 is 4.34. The third-order valence-corrected chi connectivity index (χ3v) is 5.24. The van der Waals surface area contributed by atoms with E-state index in [2.05, 4.69) is 45.2 Å². The second-order valence-corrected chi connectivity index (χ2v) is 8.16. The van der Waals surface area contributed by atoms with Crippen molar-refractivity contribution >= 4 is 57.1 Å². The summed E-state index contributed by atoms with van der Waals surface area (Å²) in [4.78, 5) is 24.7. The maximum Gasteiger partial charge on any atom is 0.343 e. The summed E-state index contributed by atoms with van der Waals surface area (Å²) in [5.74, 6) is -0.218. The molecule has 0 fully saturated rings. The zero-order chi connectivity index (χ0) is 19.4. The van der Waals surface area contributed by atoms with Crippen LogP contribution in [0.25, 0.3) is 0 Å². The maximum absolute atomic E-state index is 12.3. The molecule has 0 saturated carbocycles. The smallest absolute Gasteiger partial charge is 0.343 e. The summed E-state index contributed by atoms with van der Waals surface area (Å²) < 4.78 is 13.0. The van der Waals surface area contributed by atoms with Gasteiger partial charge in [-0.3, -0.25) is 0 Å². The molecule has 6 heteroatoms. The van der Waals surface area contributed by atoms with E-state index in [-0.39, 0.29) is 0 Å². The molecule has 0 spiro atoms. The summed E-state index contributed by atoms with van der Waals surface area (Å²) in [7, 11) is 0. The summed E-state index contributed by atoms with van der Waals surface area (Å²) in [5, 5.41) is 0. The molecule has 3 rings (SSSR count). The van der Waals surface area contributed by atoms with Crippen molar-refractivity contribution in [2.75, 3.05) is 0 Å². The number of carbonyl (C=O) groups is 2. The molecule has 4 nitrogen and oxygen atoms in total. The van der Waals surface area contributed by atoms with Crippen LogP contribution in [-0.2, 0) is 0 Å². The highest BCUT2D eigenvalue weighted by Crippen LogP contribution is 2.29. The Balaban J connectivity index is 1.77. The van der Waals surface area contributed by atoms with Crippen LogP contribution in [0.5, 0.6) is 11.5 Å². The summed E-state index contributed by atoms with van der Waals surface area (Å²) in [6.07, 6.45) is 0. The molecule has 0 amide bonds. The van der Waals surface area contributed by atoms with Crippen LogP contribution in [0.4, 0.5) is 0 Å². The van der Waals surface area contributed by atoms with E-state index in [0.717, 1.165) is 7.14 Å². The normalized spacial score (nSPS) is 10.3. The fraction of sp³-hybridized carbons (Fsp3) is 0.0476. The van der Waals surface area contributed by atoms with Crippen molar-refractivity contribution in [2.45, 2.75) is 6.92 Å². The van der Waals surface area contributed by atoms with Crippen LogP contribution in [0.15, 0.2) is 66.7 Å². The minimum atomic E-state index is -0.462. The molecule has 0 aliphatic carbocycles. The van der Waals surface area contributed by atoms with Crippen molar-refractivity contribution in [2.24, 2.45) is 0 Å². The standard InChI is InChI=1S/C21H14I2O4/c1-13-18(26-20(24)14-5-9-16(22)10-6-14)3-2-4-19(13)27-21(25)15-7-11-17(23)12-8-15/h2-12H,1H3. The van der Waals surface area contributed by atoms with Crippen molar-refractivity contribution in [3.8, 4) is 11.5 Å². The van der Waals surface area contributed by atoms with Gasteiger partial charge >= 0.3 is 11.9 Å². The Morgan fingerprint density at radius 2 is 1.04 bits per heavy atom. The van der Waals surface area contributed by atoms with Gasteiger partial charge in [0, 0.05) is 12.7 Å². The van der Waals surface area contributed by atoms with E-state index in [0.29, 0.717) is 28.2 Å². The van der Waals surface area contributed by atoms with Crippen molar-refractivity contribution in [3.63, 3.8) is 0 Å². The molecule has 0 unspecified atom stereocenters. The Morgan fingerprint density at radius 1 is 0.667 bits per heavy atom.